The molecule has 214 valence electrons. The predicted molar refractivity (Wildman–Crippen MR) is 155 cm³/mol. The molecule has 0 aliphatic rings. The van der Waals surface area contributed by atoms with Crippen molar-refractivity contribution in [2.75, 3.05) is 12.4 Å². The van der Waals surface area contributed by atoms with Crippen molar-refractivity contribution in [1.82, 2.24) is 4.98 Å². The van der Waals surface area contributed by atoms with E-state index in [9.17, 15) is 29.8 Å². The summed E-state index contributed by atoms with van der Waals surface area (Å²) in [4.78, 5) is 47.3. The van der Waals surface area contributed by atoms with Crippen LogP contribution in [0, 0.1) is 37.5 Å². The lowest BCUT2D eigenvalue weighted by Crippen LogP contribution is -2.23. The molecular weight excluding hydrogens is 516 g/mol. The third-order valence-corrected chi connectivity index (χ3v) is 5.63. The van der Waals surface area contributed by atoms with Crippen molar-refractivity contribution in [2.24, 2.45) is 5.41 Å². The molecule has 0 bridgehead atoms. The summed E-state index contributed by atoms with van der Waals surface area (Å²) in [5.41, 5.74) is 1.59. The van der Waals surface area contributed by atoms with Crippen LogP contribution in [0.25, 0.3) is 10.9 Å². The van der Waals surface area contributed by atoms with Gasteiger partial charge in [-0.1, -0.05) is 40.0 Å². The summed E-state index contributed by atoms with van der Waals surface area (Å²) in [5, 5.41) is 25.1. The highest BCUT2D eigenvalue weighted by atomic mass is 16.6. The highest BCUT2D eigenvalue weighted by Crippen LogP contribution is 2.25. The van der Waals surface area contributed by atoms with E-state index in [0.29, 0.717) is 24.4 Å². The first-order chi connectivity index (χ1) is 18.3. The second kappa shape index (κ2) is 14.4. The molecule has 0 aliphatic carbocycles. The number of fused-ring (bicyclic) bond motifs is 1. The van der Waals surface area contributed by atoms with Crippen LogP contribution < -0.4 is 5.32 Å². The number of carbonyl (C=O) groups excluding carboxylic acids is 2. The van der Waals surface area contributed by atoms with Gasteiger partial charge >= 0.3 is 5.97 Å². The Hall–Kier alpha value is -4.72. The smallest absolute Gasteiger partial charge is 0.323 e. The van der Waals surface area contributed by atoms with Crippen molar-refractivity contribution in [3.8, 4) is 11.8 Å². The highest BCUT2D eigenvalue weighted by Gasteiger charge is 2.26. The van der Waals surface area contributed by atoms with Gasteiger partial charge in [0.15, 0.2) is 0 Å². The number of hydrogen-bond acceptors (Lipinski definition) is 7. The molecule has 0 atom stereocenters. The number of non-ortho nitro benzene ring substituents is 2. The summed E-state index contributed by atoms with van der Waals surface area (Å²) in [5.74, 6) is 5.16. The predicted octanol–water partition coefficient (Wildman–Crippen LogP) is 6.72. The number of benzene rings is 2. The second-order valence-corrected chi connectivity index (χ2v) is 9.56. The minimum Gasteiger partial charge on any atom is -0.468 e. The van der Waals surface area contributed by atoms with Crippen LogP contribution in [-0.4, -0.2) is 33.8 Å². The maximum absolute atomic E-state index is 11.8. The molecular formula is C29H36N4O7. The van der Waals surface area contributed by atoms with Crippen molar-refractivity contribution in [3.05, 3.63) is 74.0 Å². The number of anilines is 1. The Balaban J connectivity index is 0.000000428. The number of nitrogens with zero attached hydrogens (tertiary/aromatic N) is 2. The number of aromatic nitrogens is 1. The van der Waals surface area contributed by atoms with Crippen LogP contribution in [0.15, 0.2) is 42.5 Å². The van der Waals surface area contributed by atoms with Gasteiger partial charge in [0.25, 0.3) is 11.4 Å². The number of aromatic amines is 1. The number of carbonyl (C=O) groups is 2. The van der Waals surface area contributed by atoms with Crippen LogP contribution in [-0.2, 0) is 14.3 Å². The minimum absolute atomic E-state index is 0. The third kappa shape index (κ3) is 8.94. The van der Waals surface area contributed by atoms with Crippen molar-refractivity contribution in [1.29, 1.82) is 0 Å². The van der Waals surface area contributed by atoms with E-state index in [1.807, 2.05) is 13.0 Å². The molecule has 11 nitrogen and oxygen atoms in total. The van der Waals surface area contributed by atoms with E-state index in [1.54, 1.807) is 26.0 Å². The fraction of sp³-hybridized carbons (Fsp3) is 0.379. The number of rotatable bonds is 7. The largest absolute Gasteiger partial charge is 0.468 e. The Morgan fingerprint density at radius 3 is 2.20 bits per heavy atom. The maximum Gasteiger partial charge on any atom is 0.323 e. The fourth-order valence-corrected chi connectivity index (χ4v) is 3.39. The molecule has 1 aromatic heterocycles. The molecule has 0 saturated carbocycles. The molecule has 11 heteroatoms. The zero-order chi connectivity index (χ0) is 29.3. The lowest BCUT2D eigenvalue weighted by Gasteiger charge is -2.13. The quantitative estimate of drug-likeness (QED) is 0.142. The molecule has 2 N–H and O–H groups in total. The fourth-order valence-electron chi connectivity index (χ4n) is 3.39. The van der Waals surface area contributed by atoms with Crippen molar-refractivity contribution < 1.29 is 24.2 Å². The molecule has 0 spiro atoms. The number of nitro groups is 2. The van der Waals surface area contributed by atoms with Crippen LogP contribution in [0.4, 0.5) is 17.1 Å². The van der Waals surface area contributed by atoms with E-state index in [2.05, 4.69) is 40.7 Å². The molecule has 0 aliphatic heterocycles. The summed E-state index contributed by atoms with van der Waals surface area (Å²) in [7, 11) is 1.26. The van der Waals surface area contributed by atoms with E-state index in [4.69, 9.17) is 0 Å². The van der Waals surface area contributed by atoms with Crippen molar-refractivity contribution >= 4 is 39.8 Å². The van der Waals surface area contributed by atoms with Crippen molar-refractivity contribution in [3.63, 3.8) is 0 Å². The van der Waals surface area contributed by atoms with Gasteiger partial charge in [0, 0.05) is 47.3 Å². The van der Waals surface area contributed by atoms with E-state index in [-0.39, 0.29) is 35.2 Å². The average Bonchev–Trinajstić information content (AvgIpc) is 3.32. The van der Waals surface area contributed by atoms with E-state index >= 15 is 0 Å². The van der Waals surface area contributed by atoms with Gasteiger partial charge in [0.05, 0.1) is 28.2 Å². The van der Waals surface area contributed by atoms with Gasteiger partial charge in [-0.25, -0.2) is 0 Å². The highest BCUT2D eigenvalue weighted by molar-refractivity contribution is 5.92. The normalized spacial score (nSPS) is 10.4. The Morgan fingerprint density at radius 1 is 1.05 bits per heavy atom. The number of amides is 1. The minimum atomic E-state index is -1.08. The first-order valence-electron chi connectivity index (χ1n) is 12.3. The van der Waals surface area contributed by atoms with Crippen molar-refractivity contribution in [2.45, 2.75) is 60.8 Å². The monoisotopic (exact) mass is 552 g/mol. The Kier molecular flexibility index (Phi) is 12.0. The van der Waals surface area contributed by atoms with Crippen LogP contribution >= 0.6 is 0 Å². The molecule has 1 amide bonds. The number of methoxy groups -OCH3 is 1. The number of nitro benzene ring substituents is 2. The third-order valence-electron chi connectivity index (χ3n) is 5.63. The van der Waals surface area contributed by atoms with Gasteiger partial charge in [-0.2, -0.15) is 0 Å². The maximum atomic E-state index is 11.8. The first kappa shape index (κ1) is 33.3. The number of nitrogens with one attached hydrogen (secondary N) is 2. The summed E-state index contributed by atoms with van der Waals surface area (Å²) < 4.78 is 4.67. The van der Waals surface area contributed by atoms with E-state index in [0.717, 1.165) is 16.6 Å². The van der Waals surface area contributed by atoms with E-state index in [1.165, 1.54) is 31.4 Å². The molecule has 3 rings (SSSR count). The molecule has 0 fully saturated rings. The van der Waals surface area contributed by atoms with Gasteiger partial charge in [-0.3, -0.25) is 29.8 Å². The molecule has 0 saturated heterocycles. The van der Waals surface area contributed by atoms with Crippen LogP contribution in [0.3, 0.4) is 0 Å². The molecule has 0 unspecified atom stereocenters. The van der Waals surface area contributed by atoms with Crippen LogP contribution in [0.2, 0.25) is 0 Å². The Labute approximate surface area is 233 Å². The van der Waals surface area contributed by atoms with E-state index < -0.39 is 16.3 Å². The number of hydrogen-bond donors (Lipinski definition) is 2. The summed E-state index contributed by atoms with van der Waals surface area (Å²) >= 11 is 0. The number of H-pyrrole nitrogens is 1. The lowest BCUT2D eigenvalue weighted by molar-refractivity contribution is -0.385. The standard InChI is InChI=1S/C17H20N2O5.C11H12N2O2.CH4/c1-5-6-15(20)18-14-8-7-13(19(22)23)11-12(14)9-10-17(2,3)16(21)24-4;1-7(2)11-6-8-5-9(13(14)15)3-4-10(8)12-11;/h7-8,11H,5-6H2,1-4H3,(H,18,20);3-7,12H,1-2H3;1H4. The van der Waals surface area contributed by atoms with Gasteiger partial charge < -0.3 is 15.0 Å². The zero-order valence-electron chi connectivity index (χ0n) is 22.8. The van der Waals surface area contributed by atoms with Gasteiger partial charge in [-0.05, 0) is 44.4 Å². The first-order valence-corrected chi connectivity index (χ1v) is 12.3. The lowest BCUT2D eigenvalue weighted by atomic mass is 9.94. The second-order valence-electron chi connectivity index (χ2n) is 9.56. The van der Waals surface area contributed by atoms with Crippen LogP contribution in [0.5, 0.6) is 0 Å². The zero-order valence-corrected chi connectivity index (χ0v) is 22.8. The molecule has 1 heterocycles. The summed E-state index contributed by atoms with van der Waals surface area (Å²) in [6.07, 6.45) is 1.01. The number of ether oxygens (including phenoxy) is 1. The Morgan fingerprint density at radius 2 is 1.65 bits per heavy atom. The number of esters is 1. The van der Waals surface area contributed by atoms with Gasteiger partial charge in [0.2, 0.25) is 5.91 Å². The molecule has 2 aromatic carbocycles. The molecule has 40 heavy (non-hydrogen) atoms. The molecule has 0 radical (unpaired) electrons. The van der Waals surface area contributed by atoms with Crippen LogP contribution in [0.1, 0.15) is 72.1 Å². The summed E-state index contributed by atoms with van der Waals surface area (Å²) in [6.45, 7) is 9.20. The molecule has 3 aromatic rings. The van der Waals surface area contributed by atoms with Gasteiger partial charge in [-0.15, -0.1) is 0 Å². The topological polar surface area (TPSA) is 157 Å². The summed E-state index contributed by atoms with van der Waals surface area (Å²) in [6, 6.07) is 10.8. The average molecular weight is 553 g/mol. The SMILES string of the molecule is C.CC(C)c1cc2cc([N+](=O)[O-])ccc2[nH]1.CCCC(=O)Nc1ccc([N+](=O)[O-])cc1C#CC(C)(C)C(=O)OC. The van der Waals surface area contributed by atoms with Gasteiger partial charge in [0.1, 0.15) is 5.41 Å². The Bertz CT molecular complexity index is 1450.